The van der Waals surface area contributed by atoms with E-state index in [1.807, 2.05) is 43.5 Å². The molecule has 0 amide bonds. The molecule has 3 rings (SSSR count). The number of nitrogens with one attached hydrogen (secondary N) is 1. The van der Waals surface area contributed by atoms with Crippen LogP contribution in [0.1, 0.15) is 23.6 Å². The maximum absolute atomic E-state index is 5.78. The van der Waals surface area contributed by atoms with Crippen LogP contribution in [0.2, 0.25) is 0 Å². The van der Waals surface area contributed by atoms with Crippen LogP contribution in [-0.2, 0) is 13.1 Å². The van der Waals surface area contributed by atoms with Gasteiger partial charge in [0.25, 0.3) is 0 Å². The minimum atomic E-state index is 0.605. The van der Waals surface area contributed by atoms with Crippen LogP contribution >= 0.6 is 12.2 Å². The zero-order valence-electron chi connectivity index (χ0n) is 16.3. The van der Waals surface area contributed by atoms with E-state index in [-0.39, 0.29) is 0 Å². The highest BCUT2D eigenvalue weighted by Gasteiger charge is 2.14. The third kappa shape index (κ3) is 5.30. The molecule has 144 valence electrons. The van der Waals surface area contributed by atoms with Crippen molar-refractivity contribution in [2.24, 2.45) is 0 Å². The number of aryl methyl sites for hydroxylation is 1. The molecular weight excluding hydrogens is 366 g/mol. The number of nitrogens with zero attached hydrogens (tertiary/aromatic N) is 2. The summed E-state index contributed by atoms with van der Waals surface area (Å²) in [6.07, 6.45) is 3.66. The average molecular weight is 392 g/mol. The fourth-order valence-corrected chi connectivity index (χ4v) is 3.19. The van der Waals surface area contributed by atoms with Gasteiger partial charge in [-0.05, 0) is 61.0 Å². The molecule has 0 aliphatic carbocycles. The summed E-state index contributed by atoms with van der Waals surface area (Å²) in [4.78, 5) is 6.38. The van der Waals surface area contributed by atoms with Crippen LogP contribution < -0.4 is 10.1 Å². The fourth-order valence-electron chi connectivity index (χ4n) is 2.95. The molecule has 0 aliphatic heterocycles. The number of rotatable bonds is 7. The molecule has 0 spiro atoms. The molecule has 0 aliphatic rings. The van der Waals surface area contributed by atoms with Crippen LogP contribution in [0.25, 0.3) is 0 Å². The lowest BCUT2D eigenvalue weighted by molar-refractivity contribution is 0.342. The molecule has 2 aromatic carbocycles. The van der Waals surface area contributed by atoms with Crippen molar-refractivity contribution in [2.45, 2.75) is 26.9 Å². The number of para-hydroxylation sites is 2. The van der Waals surface area contributed by atoms with Gasteiger partial charge in [-0.2, -0.15) is 0 Å². The van der Waals surface area contributed by atoms with Gasteiger partial charge in [0, 0.05) is 25.5 Å². The second-order valence-corrected chi connectivity index (χ2v) is 6.89. The maximum atomic E-state index is 5.78. The number of ether oxygens (including phenoxy) is 1. The summed E-state index contributed by atoms with van der Waals surface area (Å²) < 4.78 is 5.72. The second-order valence-electron chi connectivity index (χ2n) is 6.50. The Morgan fingerprint density at radius 1 is 1.04 bits per heavy atom. The molecule has 1 N–H and O–H groups in total. The lowest BCUT2D eigenvalue weighted by Crippen LogP contribution is -2.34. The van der Waals surface area contributed by atoms with E-state index in [2.05, 4.69) is 52.5 Å². The van der Waals surface area contributed by atoms with Crippen molar-refractivity contribution in [3.05, 3.63) is 89.7 Å². The Hall–Kier alpha value is -2.92. The molecule has 1 heterocycles. The standard InChI is InChI=1S/C23H25N3OS/c1-3-27-22-13-7-6-12-21(22)25-23(28)26(16-19-10-8-14-24-15-19)17-20-11-5-4-9-18(20)2/h4-15H,3,16-17H2,1-2H3,(H,25,28). The molecule has 3 aromatic rings. The first kappa shape index (κ1) is 19.8. The molecule has 1 aromatic heterocycles. The Morgan fingerprint density at radius 3 is 2.57 bits per heavy atom. The fraction of sp³-hybridized carbons (Fsp3) is 0.217. The third-order valence-electron chi connectivity index (χ3n) is 4.43. The molecule has 4 nitrogen and oxygen atoms in total. The summed E-state index contributed by atoms with van der Waals surface area (Å²) >= 11 is 5.78. The summed E-state index contributed by atoms with van der Waals surface area (Å²) in [6, 6.07) is 20.2. The van der Waals surface area contributed by atoms with Gasteiger partial charge in [0.15, 0.2) is 5.11 Å². The van der Waals surface area contributed by atoms with Gasteiger partial charge in [0.05, 0.1) is 12.3 Å². The van der Waals surface area contributed by atoms with Crippen molar-refractivity contribution in [1.82, 2.24) is 9.88 Å². The zero-order chi connectivity index (χ0) is 19.8. The highest BCUT2D eigenvalue weighted by Crippen LogP contribution is 2.25. The summed E-state index contributed by atoms with van der Waals surface area (Å²) in [5.74, 6) is 0.796. The predicted octanol–water partition coefficient (Wildman–Crippen LogP) is 5.19. The minimum Gasteiger partial charge on any atom is -0.492 e. The predicted molar refractivity (Wildman–Crippen MR) is 118 cm³/mol. The molecule has 0 fully saturated rings. The van der Waals surface area contributed by atoms with Crippen LogP contribution in [0.15, 0.2) is 73.1 Å². The van der Waals surface area contributed by atoms with Crippen molar-refractivity contribution < 1.29 is 4.74 Å². The highest BCUT2D eigenvalue weighted by molar-refractivity contribution is 7.80. The highest BCUT2D eigenvalue weighted by atomic mass is 32.1. The van der Waals surface area contributed by atoms with E-state index in [1.54, 1.807) is 6.20 Å². The minimum absolute atomic E-state index is 0.605. The van der Waals surface area contributed by atoms with E-state index in [4.69, 9.17) is 17.0 Å². The first-order valence-electron chi connectivity index (χ1n) is 9.38. The Bertz CT molecular complexity index is 914. The lowest BCUT2D eigenvalue weighted by atomic mass is 10.1. The van der Waals surface area contributed by atoms with Gasteiger partial charge in [0.2, 0.25) is 0 Å². The number of aromatic nitrogens is 1. The summed E-state index contributed by atoms with van der Waals surface area (Å²) in [5, 5.41) is 4.02. The molecule has 0 radical (unpaired) electrons. The van der Waals surface area contributed by atoms with E-state index >= 15 is 0 Å². The van der Waals surface area contributed by atoms with Crippen molar-refractivity contribution >= 4 is 23.0 Å². The van der Waals surface area contributed by atoms with E-state index in [1.165, 1.54) is 11.1 Å². The Balaban J connectivity index is 1.83. The average Bonchev–Trinajstić information content (AvgIpc) is 2.71. The Morgan fingerprint density at radius 2 is 1.82 bits per heavy atom. The van der Waals surface area contributed by atoms with E-state index in [0.29, 0.717) is 24.8 Å². The number of hydrogen-bond donors (Lipinski definition) is 1. The van der Waals surface area contributed by atoms with Crippen LogP contribution in [0.5, 0.6) is 5.75 Å². The van der Waals surface area contributed by atoms with Crippen molar-refractivity contribution in [3.63, 3.8) is 0 Å². The van der Waals surface area contributed by atoms with Gasteiger partial charge in [-0.25, -0.2) is 0 Å². The van der Waals surface area contributed by atoms with Crippen LogP contribution in [0.3, 0.4) is 0 Å². The van der Waals surface area contributed by atoms with Crippen molar-refractivity contribution in [3.8, 4) is 5.75 Å². The van der Waals surface area contributed by atoms with Gasteiger partial charge in [0.1, 0.15) is 5.75 Å². The summed E-state index contributed by atoms with van der Waals surface area (Å²) in [6.45, 7) is 6.09. The Kier molecular flexibility index (Phi) is 6.98. The molecule has 0 unspecified atom stereocenters. The molecule has 0 atom stereocenters. The van der Waals surface area contributed by atoms with Gasteiger partial charge < -0.3 is 15.0 Å². The first-order chi connectivity index (χ1) is 13.7. The van der Waals surface area contributed by atoms with Crippen molar-refractivity contribution in [1.29, 1.82) is 0 Å². The summed E-state index contributed by atoms with van der Waals surface area (Å²) in [7, 11) is 0. The van der Waals surface area contributed by atoms with Crippen LogP contribution in [-0.4, -0.2) is 21.6 Å². The van der Waals surface area contributed by atoms with Crippen molar-refractivity contribution in [2.75, 3.05) is 11.9 Å². The van der Waals surface area contributed by atoms with Gasteiger partial charge >= 0.3 is 0 Å². The molecule has 5 heteroatoms. The maximum Gasteiger partial charge on any atom is 0.174 e. The van der Waals surface area contributed by atoms with Gasteiger partial charge in [-0.3, -0.25) is 4.98 Å². The topological polar surface area (TPSA) is 37.4 Å². The smallest absolute Gasteiger partial charge is 0.174 e. The quantitative estimate of drug-likeness (QED) is 0.561. The van der Waals surface area contributed by atoms with Gasteiger partial charge in [-0.15, -0.1) is 0 Å². The number of hydrogen-bond acceptors (Lipinski definition) is 3. The summed E-state index contributed by atoms with van der Waals surface area (Å²) in [5.41, 5.74) is 4.47. The number of pyridine rings is 1. The second kappa shape index (κ2) is 9.85. The van der Waals surface area contributed by atoms with Crippen LogP contribution in [0.4, 0.5) is 5.69 Å². The van der Waals surface area contributed by atoms with E-state index < -0.39 is 0 Å². The Labute approximate surface area is 172 Å². The first-order valence-corrected chi connectivity index (χ1v) is 9.79. The lowest BCUT2D eigenvalue weighted by Gasteiger charge is -2.27. The molecule has 28 heavy (non-hydrogen) atoms. The van der Waals surface area contributed by atoms with E-state index in [9.17, 15) is 0 Å². The molecule has 0 bridgehead atoms. The number of thiocarbonyl (C=S) groups is 1. The number of benzene rings is 2. The third-order valence-corrected chi connectivity index (χ3v) is 4.79. The largest absolute Gasteiger partial charge is 0.492 e. The molecule has 0 saturated heterocycles. The zero-order valence-corrected chi connectivity index (χ0v) is 17.1. The van der Waals surface area contributed by atoms with Crippen LogP contribution in [0, 0.1) is 6.92 Å². The monoisotopic (exact) mass is 391 g/mol. The molecule has 0 saturated carbocycles. The number of anilines is 1. The molecular formula is C23H25N3OS. The van der Waals surface area contributed by atoms with E-state index in [0.717, 1.165) is 17.0 Å². The normalized spacial score (nSPS) is 10.4. The SMILES string of the molecule is CCOc1ccccc1NC(=S)N(Cc1cccnc1)Cc1ccccc1C. The van der Waals surface area contributed by atoms with Gasteiger partial charge in [-0.1, -0.05) is 42.5 Å².